The van der Waals surface area contributed by atoms with Gasteiger partial charge in [0.15, 0.2) is 0 Å². The molecule has 0 amide bonds. The molecule has 0 aliphatic carbocycles. The predicted molar refractivity (Wildman–Crippen MR) is 80.0 cm³/mol. The molecule has 4 heteroatoms. The summed E-state index contributed by atoms with van der Waals surface area (Å²) in [6.45, 7) is 2.94. The van der Waals surface area contributed by atoms with Gasteiger partial charge in [-0.15, -0.1) is 11.3 Å². The van der Waals surface area contributed by atoms with Gasteiger partial charge >= 0.3 is 0 Å². The number of para-hydroxylation sites is 1. The Bertz CT molecular complexity index is 512. The lowest BCUT2D eigenvalue weighted by Gasteiger charge is -2.18. The van der Waals surface area contributed by atoms with Crippen molar-refractivity contribution in [2.24, 2.45) is 0 Å². The molecule has 1 unspecified atom stereocenters. The molecule has 0 saturated carbocycles. The minimum Gasteiger partial charge on any atom is -0.508 e. The first-order valence-electron chi connectivity index (χ1n) is 5.95. The van der Waals surface area contributed by atoms with Gasteiger partial charge in [0.05, 0.1) is 0 Å². The molecule has 1 aromatic heterocycles. The summed E-state index contributed by atoms with van der Waals surface area (Å²) in [4.78, 5) is 1.29. The fraction of sp³-hybridized carbons (Fsp3) is 0.286. The summed E-state index contributed by atoms with van der Waals surface area (Å²) in [5.74, 6) is 0.365. The topological polar surface area (TPSA) is 32.3 Å². The summed E-state index contributed by atoms with van der Waals surface area (Å²) in [7, 11) is 0. The molecular formula is C14H16BrNOS. The number of aromatic hydroxyl groups is 1. The smallest absolute Gasteiger partial charge is 0.120 e. The number of thiophene rings is 1. The van der Waals surface area contributed by atoms with Crippen molar-refractivity contribution >= 4 is 27.3 Å². The van der Waals surface area contributed by atoms with Crippen molar-refractivity contribution in [3.63, 3.8) is 0 Å². The zero-order valence-electron chi connectivity index (χ0n) is 10.2. The number of nitrogens with one attached hydrogen (secondary N) is 1. The quantitative estimate of drug-likeness (QED) is 0.850. The van der Waals surface area contributed by atoms with Crippen LogP contribution in [0.25, 0.3) is 0 Å². The van der Waals surface area contributed by atoms with Crippen LogP contribution in [0.15, 0.2) is 40.2 Å². The molecular weight excluding hydrogens is 310 g/mol. The van der Waals surface area contributed by atoms with E-state index in [0.717, 1.165) is 23.0 Å². The number of hydrogen-bond acceptors (Lipinski definition) is 3. The molecule has 0 radical (unpaired) electrons. The van der Waals surface area contributed by atoms with E-state index in [2.05, 4.69) is 39.6 Å². The number of hydrogen-bond donors (Lipinski definition) is 2. The van der Waals surface area contributed by atoms with Crippen LogP contribution in [0, 0.1) is 0 Å². The summed E-state index contributed by atoms with van der Waals surface area (Å²) in [5.41, 5.74) is 0.968. The van der Waals surface area contributed by atoms with Crippen LogP contribution < -0.4 is 5.32 Å². The molecule has 0 aliphatic heterocycles. The van der Waals surface area contributed by atoms with Crippen molar-refractivity contribution in [3.05, 3.63) is 50.6 Å². The molecule has 2 aromatic rings. The van der Waals surface area contributed by atoms with Gasteiger partial charge in [-0.2, -0.15) is 0 Å². The summed E-state index contributed by atoms with van der Waals surface area (Å²) >= 11 is 5.18. The van der Waals surface area contributed by atoms with Crippen molar-refractivity contribution in [3.8, 4) is 5.75 Å². The largest absolute Gasteiger partial charge is 0.508 e. The third kappa shape index (κ3) is 3.34. The second-order valence-electron chi connectivity index (χ2n) is 4.13. The highest BCUT2D eigenvalue weighted by Crippen LogP contribution is 2.27. The fourth-order valence-electron chi connectivity index (χ4n) is 1.93. The minimum absolute atomic E-state index is 0.187. The Morgan fingerprint density at radius 2 is 2.17 bits per heavy atom. The molecule has 2 rings (SSSR count). The monoisotopic (exact) mass is 325 g/mol. The van der Waals surface area contributed by atoms with Crippen molar-refractivity contribution < 1.29 is 5.11 Å². The average Bonchev–Trinajstić information content (AvgIpc) is 2.78. The second-order valence-corrected chi connectivity index (χ2v) is 6.04. The minimum atomic E-state index is 0.187. The third-order valence-corrected chi connectivity index (χ3v) is 4.56. The van der Waals surface area contributed by atoms with Crippen molar-refractivity contribution in [2.75, 3.05) is 0 Å². The number of phenolic OH excluding ortho intramolecular Hbond substituents is 1. The van der Waals surface area contributed by atoms with Crippen LogP contribution in [0.3, 0.4) is 0 Å². The molecule has 1 atom stereocenters. The summed E-state index contributed by atoms with van der Waals surface area (Å²) < 4.78 is 1.12. The molecule has 0 spiro atoms. The van der Waals surface area contributed by atoms with Gasteiger partial charge < -0.3 is 10.4 Å². The molecule has 18 heavy (non-hydrogen) atoms. The SMILES string of the molecule is CCC(NCc1cc(Br)cs1)c1ccccc1O. The van der Waals surface area contributed by atoms with Crippen LogP contribution in [0.5, 0.6) is 5.75 Å². The summed E-state index contributed by atoms with van der Waals surface area (Å²) in [5, 5.41) is 15.4. The van der Waals surface area contributed by atoms with Gasteiger partial charge in [-0.3, -0.25) is 0 Å². The first kappa shape index (κ1) is 13.6. The summed E-state index contributed by atoms with van der Waals surface area (Å²) in [6.07, 6.45) is 0.949. The van der Waals surface area contributed by atoms with Crippen LogP contribution in [0.1, 0.15) is 29.8 Å². The zero-order valence-corrected chi connectivity index (χ0v) is 12.6. The van der Waals surface area contributed by atoms with Gasteiger partial charge in [-0.1, -0.05) is 25.1 Å². The molecule has 1 heterocycles. The average molecular weight is 326 g/mol. The van der Waals surface area contributed by atoms with Crippen LogP contribution >= 0.6 is 27.3 Å². The first-order valence-corrected chi connectivity index (χ1v) is 7.62. The van der Waals surface area contributed by atoms with E-state index in [1.165, 1.54) is 4.88 Å². The molecule has 0 saturated heterocycles. The van der Waals surface area contributed by atoms with Crippen LogP contribution in [-0.4, -0.2) is 5.11 Å². The first-order chi connectivity index (χ1) is 8.70. The highest BCUT2D eigenvalue weighted by molar-refractivity contribution is 9.10. The van der Waals surface area contributed by atoms with E-state index in [4.69, 9.17) is 0 Å². The molecule has 0 aliphatic rings. The molecule has 2 N–H and O–H groups in total. The standard InChI is InChI=1S/C14H16BrNOS/c1-2-13(12-5-3-4-6-14(12)17)16-8-11-7-10(15)9-18-11/h3-7,9,13,16-17H,2,8H2,1H3. The van der Waals surface area contributed by atoms with Gasteiger partial charge in [0, 0.05) is 32.9 Å². The Hall–Kier alpha value is -0.840. The number of phenols is 1. The van der Waals surface area contributed by atoms with Gasteiger partial charge in [-0.25, -0.2) is 0 Å². The molecule has 0 fully saturated rings. The lowest BCUT2D eigenvalue weighted by Crippen LogP contribution is -2.19. The Kier molecular flexibility index (Phi) is 4.80. The number of halogens is 1. The molecule has 2 nitrogen and oxygen atoms in total. The van der Waals surface area contributed by atoms with Gasteiger partial charge in [0.2, 0.25) is 0 Å². The fourth-order valence-corrected chi connectivity index (χ4v) is 3.33. The number of benzene rings is 1. The van der Waals surface area contributed by atoms with Crippen molar-refractivity contribution in [2.45, 2.75) is 25.9 Å². The molecule has 1 aromatic carbocycles. The normalized spacial score (nSPS) is 12.6. The molecule has 0 bridgehead atoms. The highest BCUT2D eigenvalue weighted by Gasteiger charge is 2.12. The van der Waals surface area contributed by atoms with E-state index in [9.17, 15) is 5.11 Å². The second kappa shape index (κ2) is 6.36. The Morgan fingerprint density at radius 1 is 1.39 bits per heavy atom. The maximum atomic E-state index is 9.87. The van der Waals surface area contributed by atoms with E-state index < -0.39 is 0 Å². The Morgan fingerprint density at radius 3 is 2.78 bits per heavy atom. The summed E-state index contributed by atoms with van der Waals surface area (Å²) in [6, 6.07) is 9.83. The van der Waals surface area contributed by atoms with E-state index in [-0.39, 0.29) is 6.04 Å². The Labute approximate surface area is 120 Å². The van der Waals surface area contributed by atoms with Gasteiger partial charge in [0.25, 0.3) is 0 Å². The van der Waals surface area contributed by atoms with Crippen LogP contribution in [0.4, 0.5) is 0 Å². The third-order valence-electron chi connectivity index (χ3n) is 2.86. The van der Waals surface area contributed by atoms with Crippen molar-refractivity contribution in [1.29, 1.82) is 0 Å². The maximum Gasteiger partial charge on any atom is 0.120 e. The Balaban J connectivity index is 2.04. The van der Waals surface area contributed by atoms with E-state index in [1.807, 2.05) is 18.2 Å². The van der Waals surface area contributed by atoms with Crippen LogP contribution in [-0.2, 0) is 6.54 Å². The van der Waals surface area contributed by atoms with Gasteiger partial charge in [-0.05, 0) is 34.5 Å². The lowest BCUT2D eigenvalue weighted by molar-refractivity contribution is 0.441. The van der Waals surface area contributed by atoms with Crippen LogP contribution in [0.2, 0.25) is 0 Å². The van der Waals surface area contributed by atoms with E-state index in [0.29, 0.717) is 5.75 Å². The van der Waals surface area contributed by atoms with Crippen molar-refractivity contribution in [1.82, 2.24) is 5.32 Å². The highest BCUT2D eigenvalue weighted by atomic mass is 79.9. The maximum absolute atomic E-state index is 9.87. The molecule has 96 valence electrons. The van der Waals surface area contributed by atoms with Gasteiger partial charge in [0.1, 0.15) is 5.75 Å². The zero-order chi connectivity index (χ0) is 13.0. The van der Waals surface area contributed by atoms with E-state index in [1.54, 1.807) is 17.4 Å². The number of rotatable bonds is 5. The van der Waals surface area contributed by atoms with E-state index >= 15 is 0 Å². The predicted octanol–water partition coefficient (Wildman–Crippen LogP) is 4.46. The lowest BCUT2D eigenvalue weighted by atomic mass is 10.0.